The van der Waals surface area contributed by atoms with Gasteiger partial charge in [0.05, 0.1) is 15.9 Å². The number of fused-ring (bicyclic) bond motifs is 1. The fourth-order valence-corrected chi connectivity index (χ4v) is 2.90. The van der Waals surface area contributed by atoms with Crippen LogP contribution in [-0.4, -0.2) is 25.3 Å². The van der Waals surface area contributed by atoms with Gasteiger partial charge in [-0.05, 0) is 19.4 Å². The first-order valence-electron chi connectivity index (χ1n) is 6.49. The first-order valence-corrected chi connectivity index (χ1v) is 7.24. The molecule has 2 aromatic rings. The summed E-state index contributed by atoms with van der Waals surface area (Å²) in [5.74, 6) is -0.970. The van der Waals surface area contributed by atoms with Gasteiger partial charge in [-0.3, -0.25) is 14.9 Å². The van der Waals surface area contributed by atoms with Crippen LogP contribution in [0, 0.1) is 15.5 Å². The Hall–Kier alpha value is -2.19. The van der Waals surface area contributed by atoms with Gasteiger partial charge in [-0.25, -0.2) is 0 Å². The molecule has 0 spiro atoms. The maximum absolute atomic E-state index is 12.0. The average molecular weight is 357 g/mol. The molecule has 0 saturated heterocycles. The van der Waals surface area contributed by atoms with Crippen molar-refractivity contribution in [2.24, 2.45) is 15.6 Å². The molecule has 1 heterocycles. The minimum absolute atomic E-state index is 0.0592. The summed E-state index contributed by atoms with van der Waals surface area (Å²) >= 11 is 11.8. The Morgan fingerprint density at radius 1 is 1.48 bits per heavy atom. The third-order valence-corrected chi connectivity index (χ3v) is 5.02. The quantitative estimate of drug-likeness (QED) is 0.373. The number of aromatic hydroxyl groups is 1. The third kappa shape index (κ3) is 2.43. The van der Waals surface area contributed by atoms with Crippen LogP contribution in [0.25, 0.3) is 10.9 Å². The Labute approximate surface area is 139 Å². The Kier molecular flexibility index (Phi) is 3.35. The summed E-state index contributed by atoms with van der Waals surface area (Å²) in [6.45, 7) is 1.56. The molecule has 1 aromatic carbocycles. The molecule has 0 radical (unpaired) electrons. The van der Waals surface area contributed by atoms with E-state index in [1.807, 2.05) is 0 Å². The van der Waals surface area contributed by atoms with Crippen molar-refractivity contribution in [3.8, 4) is 5.88 Å². The van der Waals surface area contributed by atoms with Gasteiger partial charge >= 0.3 is 0 Å². The lowest BCUT2D eigenvalue weighted by Crippen LogP contribution is -2.15. The van der Waals surface area contributed by atoms with Crippen LogP contribution < -0.4 is 0 Å². The number of nitro benzene ring substituents is 1. The van der Waals surface area contributed by atoms with Gasteiger partial charge in [0.1, 0.15) is 4.33 Å². The van der Waals surface area contributed by atoms with E-state index in [-0.39, 0.29) is 29.1 Å². The van der Waals surface area contributed by atoms with Crippen molar-refractivity contribution in [3.05, 3.63) is 28.3 Å². The van der Waals surface area contributed by atoms with Crippen LogP contribution in [0.15, 0.2) is 28.4 Å². The zero-order chi connectivity index (χ0) is 17.0. The number of carbonyl (C=O) groups is 1. The van der Waals surface area contributed by atoms with Crippen molar-refractivity contribution in [1.82, 2.24) is 4.98 Å². The number of non-ortho nitro benzene ring substituents is 1. The molecule has 1 fully saturated rings. The number of hydrogen-bond acceptors (Lipinski definition) is 5. The molecule has 2 N–H and O–H groups in total. The zero-order valence-electron chi connectivity index (χ0n) is 11.7. The van der Waals surface area contributed by atoms with E-state index in [0.717, 1.165) is 0 Å². The van der Waals surface area contributed by atoms with Crippen molar-refractivity contribution in [3.63, 3.8) is 0 Å². The number of aromatic nitrogens is 1. The summed E-state index contributed by atoms with van der Waals surface area (Å²) in [5, 5.41) is 28.2. The van der Waals surface area contributed by atoms with Crippen molar-refractivity contribution in [2.45, 2.75) is 17.7 Å². The maximum atomic E-state index is 12.0. The highest BCUT2D eigenvalue weighted by molar-refractivity contribution is 6.53. The van der Waals surface area contributed by atoms with E-state index in [4.69, 9.17) is 23.2 Å². The monoisotopic (exact) mass is 356 g/mol. The summed E-state index contributed by atoms with van der Waals surface area (Å²) in [6, 6.07) is 3.94. The fourth-order valence-electron chi connectivity index (χ4n) is 2.20. The van der Waals surface area contributed by atoms with Gasteiger partial charge in [0.15, 0.2) is 5.69 Å². The first-order chi connectivity index (χ1) is 10.7. The molecule has 23 heavy (non-hydrogen) atoms. The van der Waals surface area contributed by atoms with E-state index in [9.17, 15) is 20.0 Å². The summed E-state index contributed by atoms with van der Waals surface area (Å²) < 4.78 is -1.18. The number of nitrogens with zero attached hydrogens (tertiary/aromatic N) is 3. The number of nitro groups is 1. The van der Waals surface area contributed by atoms with E-state index < -0.39 is 20.6 Å². The van der Waals surface area contributed by atoms with Crippen LogP contribution in [0.1, 0.15) is 13.3 Å². The molecule has 1 aromatic heterocycles. The largest absolute Gasteiger partial charge is 0.493 e. The van der Waals surface area contributed by atoms with Gasteiger partial charge in [-0.1, -0.05) is 0 Å². The Morgan fingerprint density at radius 3 is 2.70 bits per heavy atom. The number of benzene rings is 1. The second-order valence-corrected chi connectivity index (χ2v) is 7.01. The van der Waals surface area contributed by atoms with Gasteiger partial charge in [0.25, 0.3) is 11.6 Å². The van der Waals surface area contributed by atoms with Crippen LogP contribution in [0.3, 0.4) is 0 Å². The number of carbonyl (C=O) groups excluding carboxylic acids is 1. The van der Waals surface area contributed by atoms with Gasteiger partial charge in [0.2, 0.25) is 5.88 Å². The van der Waals surface area contributed by atoms with Crippen molar-refractivity contribution in [1.29, 1.82) is 0 Å². The number of hydrogen-bond donors (Lipinski definition) is 2. The Morgan fingerprint density at radius 2 is 2.13 bits per heavy atom. The van der Waals surface area contributed by atoms with E-state index in [2.05, 4.69) is 15.2 Å². The number of halogens is 2. The average Bonchev–Trinajstić information content (AvgIpc) is 2.84. The smallest absolute Gasteiger partial charge is 0.273 e. The number of azo groups is 1. The molecule has 3 rings (SSSR count). The van der Waals surface area contributed by atoms with E-state index >= 15 is 0 Å². The van der Waals surface area contributed by atoms with Crippen LogP contribution in [0.2, 0.25) is 0 Å². The molecule has 1 aliphatic carbocycles. The van der Waals surface area contributed by atoms with Gasteiger partial charge in [-0.15, -0.1) is 33.4 Å². The second-order valence-electron chi connectivity index (χ2n) is 5.53. The molecule has 1 atom stereocenters. The number of amides is 1. The standard InChI is InChI=1S/C13H10Cl2N4O4/c1-12(5-13(12,14)15)11(21)18-17-9-7-4-6(19(22)23)2-3-8(7)16-10(9)20/h2-4,16,20H,5H2,1H3/t12-/m0/s1. The SMILES string of the molecule is C[C@@]1(C(=O)N=Nc2c(O)[nH]c3ccc([N+](=O)[O-])cc23)CC1(Cl)Cl. The lowest BCUT2D eigenvalue weighted by molar-refractivity contribution is -0.384. The molecule has 0 aliphatic heterocycles. The van der Waals surface area contributed by atoms with Gasteiger partial charge in [0, 0.05) is 17.5 Å². The molecular formula is C13H10Cl2N4O4. The van der Waals surface area contributed by atoms with Crippen LogP contribution in [0.4, 0.5) is 11.4 Å². The van der Waals surface area contributed by atoms with Crippen LogP contribution in [0.5, 0.6) is 5.88 Å². The predicted molar refractivity (Wildman–Crippen MR) is 83.3 cm³/mol. The zero-order valence-corrected chi connectivity index (χ0v) is 13.2. The van der Waals surface area contributed by atoms with Crippen molar-refractivity contribution < 1.29 is 14.8 Å². The topological polar surface area (TPSA) is 121 Å². The lowest BCUT2D eigenvalue weighted by Gasteiger charge is -2.04. The number of nitrogens with one attached hydrogen (secondary N) is 1. The van der Waals surface area contributed by atoms with E-state index in [0.29, 0.717) is 5.52 Å². The number of alkyl halides is 2. The molecule has 0 unspecified atom stereocenters. The van der Waals surface area contributed by atoms with Crippen molar-refractivity contribution >= 4 is 51.4 Å². The second kappa shape index (κ2) is 4.90. The molecule has 120 valence electrons. The Balaban J connectivity index is 1.98. The summed E-state index contributed by atoms with van der Waals surface area (Å²) in [4.78, 5) is 24.9. The minimum atomic E-state index is -1.18. The van der Waals surface area contributed by atoms with E-state index in [1.54, 1.807) is 6.92 Å². The predicted octanol–water partition coefficient (Wildman–Crippen LogP) is 3.98. The fraction of sp³-hybridized carbons (Fsp3) is 0.308. The highest BCUT2D eigenvalue weighted by atomic mass is 35.5. The molecule has 1 saturated carbocycles. The summed E-state index contributed by atoms with van der Waals surface area (Å²) in [5.41, 5.74) is -0.825. The summed E-state index contributed by atoms with van der Waals surface area (Å²) in [6.07, 6.45) is 0.256. The summed E-state index contributed by atoms with van der Waals surface area (Å²) in [7, 11) is 0. The maximum Gasteiger partial charge on any atom is 0.273 e. The first kappa shape index (κ1) is 15.7. The number of rotatable bonds is 3. The normalized spacial score (nSPS) is 22.6. The van der Waals surface area contributed by atoms with Crippen LogP contribution >= 0.6 is 23.2 Å². The number of H-pyrrole nitrogens is 1. The van der Waals surface area contributed by atoms with Crippen molar-refractivity contribution in [2.75, 3.05) is 0 Å². The molecular weight excluding hydrogens is 347 g/mol. The molecule has 1 aliphatic rings. The molecule has 8 nitrogen and oxygen atoms in total. The molecule has 10 heteroatoms. The van der Waals surface area contributed by atoms with Gasteiger partial charge < -0.3 is 10.1 Å². The van der Waals surface area contributed by atoms with Crippen LogP contribution in [-0.2, 0) is 4.79 Å². The van der Waals surface area contributed by atoms with Gasteiger partial charge in [-0.2, -0.15) is 0 Å². The number of aromatic amines is 1. The minimum Gasteiger partial charge on any atom is -0.493 e. The molecule has 1 amide bonds. The molecule has 0 bridgehead atoms. The Bertz CT molecular complexity index is 876. The van der Waals surface area contributed by atoms with E-state index in [1.165, 1.54) is 18.2 Å². The lowest BCUT2D eigenvalue weighted by atomic mass is 10.1. The third-order valence-electron chi connectivity index (χ3n) is 3.92. The highest BCUT2D eigenvalue weighted by Gasteiger charge is 2.68. The highest BCUT2D eigenvalue weighted by Crippen LogP contribution is 2.64.